The normalized spacial score (nSPS) is 12.0. The van der Waals surface area contributed by atoms with Crippen molar-refractivity contribution in [2.45, 2.75) is 11.5 Å². The molecule has 0 saturated heterocycles. The predicted octanol–water partition coefficient (Wildman–Crippen LogP) is 4.68. The van der Waals surface area contributed by atoms with Gasteiger partial charge in [0.15, 0.2) is 5.82 Å². The molecule has 2 aromatic carbocycles. The lowest BCUT2D eigenvalue weighted by molar-refractivity contribution is -0.0500. The summed E-state index contributed by atoms with van der Waals surface area (Å²) in [6.07, 6.45) is 5.23. The molecule has 2 heterocycles. The maximum Gasteiger partial charge on any atom is 0.387 e. The van der Waals surface area contributed by atoms with Gasteiger partial charge in [0.1, 0.15) is 17.2 Å². The van der Waals surface area contributed by atoms with E-state index in [9.17, 15) is 26.4 Å². The van der Waals surface area contributed by atoms with E-state index in [1.54, 1.807) is 7.05 Å². The topological polar surface area (TPSA) is 137 Å². The van der Waals surface area contributed by atoms with Crippen molar-refractivity contribution in [1.29, 1.82) is 5.41 Å². The minimum atomic E-state index is -4.56. The highest BCUT2D eigenvalue weighted by molar-refractivity contribution is 7.92. The van der Waals surface area contributed by atoms with Crippen LogP contribution < -0.4 is 14.8 Å². The van der Waals surface area contributed by atoms with E-state index < -0.39 is 55.9 Å². The van der Waals surface area contributed by atoms with E-state index in [4.69, 9.17) is 5.41 Å². The lowest BCUT2D eigenvalue weighted by Gasteiger charge is -2.13. The minimum Gasteiger partial charge on any atom is -0.435 e. The number of fused-ring (bicyclic) bond motifs is 1. The van der Waals surface area contributed by atoms with Crippen LogP contribution in [0.15, 0.2) is 66.0 Å². The Morgan fingerprint density at radius 3 is 2.64 bits per heavy atom. The standard InChI is InChI=1S/C25H19F4N5O4S/c1-31-10-14(9-30)13-7-17-18(12-33-24(17)32-11-13)23(35)21-19(26)5-6-20(22(21)27)34-39(36,37)16-4-2-3-15(8-16)38-25(28)29/h2-12,25,30-31,34H,1H3,(H,32,33)/b14-10+,30-9?. The van der Waals surface area contributed by atoms with Crippen LogP contribution in [0, 0.1) is 17.0 Å². The quantitative estimate of drug-likeness (QED) is 0.126. The molecule has 0 bridgehead atoms. The molecule has 0 aliphatic rings. The fourth-order valence-electron chi connectivity index (χ4n) is 3.71. The highest BCUT2D eigenvalue weighted by Crippen LogP contribution is 2.30. The van der Waals surface area contributed by atoms with Crippen LogP contribution in [0.5, 0.6) is 5.75 Å². The van der Waals surface area contributed by atoms with Crippen molar-refractivity contribution >= 4 is 44.3 Å². The Kier molecular flexibility index (Phi) is 7.67. The van der Waals surface area contributed by atoms with Crippen molar-refractivity contribution in [2.75, 3.05) is 11.8 Å². The Bertz CT molecular complexity index is 1720. The second-order valence-electron chi connectivity index (χ2n) is 7.93. The molecule has 9 nitrogen and oxygen atoms in total. The number of ketones is 1. The number of rotatable bonds is 10. The molecule has 0 radical (unpaired) electrons. The number of hydrogen-bond donors (Lipinski definition) is 4. The summed E-state index contributed by atoms with van der Waals surface area (Å²) in [5.74, 6) is -4.29. The number of carbonyl (C=O) groups is 1. The molecule has 0 atom stereocenters. The van der Waals surface area contributed by atoms with Gasteiger partial charge in [-0.25, -0.2) is 22.2 Å². The highest BCUT2D eigenvalue weighted by Gasteiger charge is 2.27. The van der Waals surface area contributed by atoms with Gasteiger partial charge in [-0.1, -0.05) is 6.07 Å². The third kappa shape index (κ3) is 5.60. The Morgan fingerprint density at radius 2 is 1.95 bits per heavy atom. The van der Waals surface area contributed by atoms with Gasteiger partial charge in [0, 0.05) is 60.0 Å². The predicted molar refractivity (Wildman–Crippen MR) is 136 cm³/mol. The summed E-state index contributed by atoms with van der Waals surface area (Å²) >= 11 is 0. The lowest BCUT2D eigenvalue weighted by Crippen LogP contribution is -2.16. The summed E-state index contributed by atoms with van der Waals surface area (Å²) in [6, 6.07) is 7.09. The van der Waals surface area contributed by atoms with Crippen LogP contribution in [0.25, 0.3) is 16.6 Å². The van der Waals surface area contributed by atoms with Crippen LogP contribution in [0.1, 0.15) is 21.5 Å². The van der Waals surface area contributed by atoms with E-state index in [0.717, 1.165) is 36.5 Å². The molecule has 0 unspecified atom stereocenters. The number of nitrogens with one attached hydrogen (secondary N) is 4. The molecular formula is C25H19F4N5O4S. The first kappa shape index (κ1) is 27.3. The highest BCUT2D eigenvalue weighted by atomic mass is 32.2. The number of nitrogens with zero attached hydrogens (tertiary/aromatic N) is 1. The number of allylic oxidation sites excluding steroid dienone is 1. The van der Waals surface area contributed by atoms with Crippen molar-refractivity contribution in [3.63, 3.8) is 0 Å². The zero-order valence-corrected chi connectivity index (χ0v) is 20.7. The van der Waals surface area contributed by atoms with Crippen LogP contribution in [0.2, 0.25) is 0 Å². The molecule has 4 N–H and O–H groups in total. The summed E-state index contributed by atoms with van der Waals surface area (Å²) in [6.45, 7) is -3.20. The molecule has 4 aromatic rings. The first-order valence-corrected chi connectivity index (χ1v) is 12.5. The van der Waals surface area contributed by atoms with Gasteiger partial charge >= 0.3 is 6.61 Å². The molecule has 4 rings (SSSR count). The van der Waals surface area contributed by atoms with Crippen molar-refractivity contribution in [3.8, 4) is 5.75 Å². The monoisotopic (exact) mass is 561 g/mol. The Balaban J connectivity index is 1.73. The van der Waals surface area contributed by atoms with Crippen LogP contribution in [0.4, 0.5) is 23.2 Å². The number of aromatic amines is 1. The van der Waals surface area contributed by atoms with E-state index in [1.165, 1.54) is 24.7 Å². The minimum absolute atomic E-state index is 0.150. The molecule has 0 saturated carbocycles. The zero-order chi connectivity index (χ0) is 28.3. The first-order chi connectivity index (χ1) is 18.6. The zero-order valence-electron chi connectivity index (χ0n) is 19.9. The number of sulfonamides is 1. The fourth-order valence-corrected chi connectivity index (χ4v) is 4.80. The summed E-state index contributed by atoms with van der Waals surface area (Å²) in [7, 11) is -2.93. The van der Waals surface area contributed by atoms with Gasteiger partial charge < -0.3 is 20.4 Å². The SMILES string of the molecule is CN/C=C(\C=N)c1cnc2[nH]cc(C(=O)c3c(F)ccc(NS(=O)(=O)c4cccc(OC(F)F)c4)c3F)c2c1. The number of aromatic nitrogens is 2. The van der Waals surface area contributed by atoms with E-state index in [2.05, 4.69) is 20.0 Å². The number of H-pyrrole nitrogens is 1. The van der Waals surface area contributed by atoms with Crippen molar-refractivity contribution in [2.24, 2.45) is 0 Å². The summed E-state index contributed by atoms with van der Waals surface area (Å²) in [4.78, 5) is 19.7. The number of halogens is 4. The smallest absolute Gasteiger partial charge is 0.387 e. The first-order valence-electron chi connectivity index (χ1n) is 11.0. The number of ether oxygens (including phenoxy) is 1. The third-order valence-corrected chi connectivity index (χ3v) is 6.83. The van der Waals surface area contributed by atoms with Gasteiger partial charge in [0.2, 0.25) is 5.78 Å². The van der Waals surface area contributed by atoms with E-state index >= 15 is 4.39 Å². The molecule has 0 aliphatic heterocycles. The number of pyridine rings is 1. The largest absolute Gasteiger partial charge is 0.435 e. The Labute approximate surface area is 219 Å². The molecule has 14 heteroatoms. The average Bonchev–Trinajstić information content (AvgIpc) is 3.32. The van der Waals surface area contributed by atoms with Gasteiger partial charge in [0.25, 0.3) is 10.0 Å². The molecule has 202 valence electrons. The van der Waals surface area contributed by atoms with E-state index in [0.29, 0.717) is 17.2 Å². The number of carbonyl (C=O) groups excluding carboxylic acids is 1. The molecule has 39 heavy (non-hydrogen) atoms. The van der Waals surface area contributed by atoms with Crippen molar-refractivity contribution in [3.05, 3.63) is 89.4 Å². The Hall–Kier alpha value is -4.72. The Morgan fingerprint density at radius 1 is 1.18 bits per heavy atom. The molecule has 0 spiro atoms. The van der Waals surface area contributed by atoms with Crippen molar-refractivity contribution < 1.29 is 35.5 Å². The summed E-state index contributed by atoms with van der Waals surface area (Å²) < 4.78 is 86.9. The summed E-state index contributed by atoms with van der Waals surface area (Å²) in [5, 5.41) is 10.6. The van der Waals surface area contributed by atoms with Crippen LogP contribution in [-0.2, 0) is 10.0 Å². The van der Waals surface area contributed by atoms with E-state index in [1.807, 2.05) is 4.72 Å². The van der Waals surface area contributed by atoms with Gasteiger partial charge in [-0.3, -0.25) is 9.52 Å². The van der Waals surface area contributed by atoms with E-state index in [-0.39, 0.29) is 16.6 Å². The summed E-state index contributed by atoms with van der Waals surface area (Å²) in [5.41, 5.74) is -0.831. The molecular weight excluding hydrogens is 542 g/mol. The fraction of sp³-hybridized carbons (Fsp3) is 0.0800. The van der Waals surface area contributed by atoms with Gasteiger partial charge in [0.05, 0.1) is 16.1 Å². The number of alkyl halides is 2. The maximum atomic E-state index is 15.5. The number of anilines is 1. The molecule has 2 aromatic heterocycles. The third-order valence-electron chi connectivity index (χ3n) is 5.47. The molecule has 0 fully saturated rings. The van der Waals surface area contributed by atoms with Gasteiger partial charge in [-0.05, 0) is 30.3 Å². The van der Waals surface area contributed by atoms with Crippen LogP contribution >= 0.6 is 0 Å². The van der Waals surface area contributed by atoms with Crippen LogP contribution in [0.3, 0.4) is 0 Å². The number of hydrogen-bond acceptors (Lipinski definition) is 7. The second kappa shape index (κ2) is 10.9. The number of benzene rings is 2. The maximum absolute atomic E-state index is 15.5. The lowest BCUT2D eigenvalue weighted by atomic mass is 10.00. The molecule has 0 aliphatic carbocycles. The second-order valence-corrected chi connectivity index (χ2v) is 9.61. The van der Waals surface area contributed by atoms with Crippen LogP contribution in [-0.4, -0.2) is 44.0 Å². The van der Waals surface area contributed by atoms with Crippen molar-refractivity contribution in [1.82, 2.24) is 15.3 Å². The average molecular weight is 562 g/mol. The van der Waals surface area contributed by atoms with Gasteiger partial charge in [-0.15, -0.1) is 0 Å². The molecule has 0 amide bonds. The van der Waals surface area contributed by atoms with Gasteiger partial charge in [-0.2, -0.15) is 8.78 Å².